The quantitative estimate of drug-likeness (QED) is 0.391. The fraction of sp³-hybridized carbons (Fsp3) is 0.588. The standard InChI is InChI=1S/C17H28O5Si/c1-13(21-12-19-3)17(2,22-23(5,6)7)16(18)14-8-10-15(20-4)11-9-14/h8-11,13H,12H2,1-7H3/t13-,17+/m1/s1. The van der Waals surface area contributed by atoms with Crippen LogP contribution in [0.3, 0.4) is 0 Å². The smallest absolute Gasteiger partial charge is 0.195 e. The van der Waals surface area contributed by atoms with Crippen LogP contribution in [-0.4, -0.2) is 46.8 Å². The van der Waals surface area contributed by atoms with Crippen molar-refractivity contribution in [3.8, 4) is 5.75 Å². The summed E-state index contributed by atoms with van der Waals surface area (Å²) in [5.74, 6) is 0.601. The second-order valence-corrected chi connectivity index (χ2v) is 11.0. The van der Waals surface area contributed by atoms with Crippen molar-refractivity contribution in [3.63, 3.8) is 0 Å². The van der Waals surface area contributed by atoms with E-state index in [-0.39, 0.29) is 12.6 Å². The molecule has 0 heterocycles. The zero-order valence-corrected chi connectivity index (χ0v) is 16.1. The van der Waals surface area contributed by atoms with Crippen molar-refractivity contribution < 1.29 is 23.4 Å². The summed E-state index contributed by atoms with van der Waals surface area (Å²) in [4.78, 5) is 13.1. The number of hydrogen-bond donors (Lipinski definition) is 0. The SMILES string of the molecule is COCO[C@H](C)[C@](C)(O[Si](C)(C)C)C(=O)c1ccc(OC)cc1. The van der Waals surface area contributed by atoms with Gasteiger partial charge in [-0.25, -0.2) is 0 Å². The van der Waals surface area contributed by atoms with Crippen LogP contribution in [0, 0.1) is 0 Å². The van der Waals surface area contributed by atoms with Crippen LogP contribution >= 0.6 is 0 Å². The van der Waals surface area contributed by atoms with Crippen LogP contribution in [0.15, 0.2) is 24.3 Å². The molecule has 0 aliphatic carbocycles. The number of methoxy groups -OCH3 is 2. The van der Waals surface area contributed by atoms with E-state index in [9.17, 15) is 4.79 Å². The highest BCUT2D eigenvalue weighted by Gasteiger charge is 2.44. The molecule has 0 bridgehead atoms. The highest BCUT2D eigenvalue weighted by atomic mass is 28.4. The van der Waals surface area contributed by atoms with Gasteiger partial charge in [0.2, 0.25) is 0 Å². The molecule has 2 atom stereocenters. The third kappa shape index (κ3) is 5.42. The van der Waals surface area contributed by atoms with E-state index >= 15 is 0 Å². The molecule has 0 N–H and O–H groups in total. The molecule has 0 aromatic heterocycles. The minimum Gasteiger partial charge on any atom is -0.497 e. The molecule has 0 saturated carbocycles. The molecule has 23 heavy (non-hydrogen) atoms. The summed E-state index contributed by atoms with van der Waals surface area (Å²) in [7, 11) is 1.17. The number of carbonyl (C=O) groups excluding carboxylic acids is 1. The highest BCUT2D eigenvalue weighted by Crippen LogP contribution is 2.29. The first-order valence-corrected chi connectivity index (χ1v) is 11.0. The minimum atomic E-state index is -1.97. The third-order valence-electron chi connectivity index (χ3n) is 3.53. The Bertz CT molecular complexity index is 509. The van der Waals surface area contributed by atoms with Gasteiger partial charge in [0.1, 0.15) is 18.1 Å². The fourth-order valence-corrected chi connectivity index (χ4v) is 3.84. The first kappa shape index (κ1) is 19.8. The first-order chi connectivity index (χ1) is 10.6. The van der Waals surface area contributed by atoms with Gasteiger partial charge in [-0.1, -0.05) is 0 Å². The van der Waals surface area contributed by atoms with E-state index in [4.69, 9.17) is 18.6 Å². The van der Waals surface area contributed by atoms with Gasteiger partial charge in [0.15, 0.2) is 14.1 Å². The summed E-state index contributed by atoms with van der Waals surface area (Å²) in [6.45, 7) is 9.89. The summed E-state index contributed by atoms with van der Waals surface area (Å²) >= 11 is 0. The Kier molecular flexibility index (Phi) is 6.95. The van der Waals surface area contributed by atoms with Gasteiger partial charge in [0.05, 0.1) is 13.2 Å². The summed E-state index contributed by atoms with van der Waals surface area (Å²) < 4.78 is 22.0. The van der Waals surface area contributed by atoms with E-state index in [2.05, 4.69) is 19.6 Å². The van der Waals surface area contributed by atoms with Crippen LogP contribution < -0.4 is 4.74 Å². The third-order valence-corrected chi connectivity index (χ3v) is 4.57. The molecule has 5 nitrogen and oxygen atoms in total. The van der Waals surface area contributed by atoms with Crippen molar-refractivity contribution in [2.45, 2.75) is 45.2 Å². The minimum absolute atomic E-state index is 0.105. The lowest BCUT2D eigenvalue weighted by Gasteiger charge is -2.39. The molecule has 130 valence electrons. The van der Waals surface area contributed by atoms with Crippen molar-refractivity contribution >= 4 is 14.1 Å². The summed E-state index contributed by atoms with van der Waals surface area (Å²) in [5.41, 5.74) is -0.503. The maximum atomic E-state index is 13.1. The molecule has 0 aliphatic heterocycles. The lowest BCUT2D eigenvalue weighted by Crippen LogP contribution is -2.54. The van der Waals surface area contributed by atoms with Gasteiger partial charge >= 0.3 is 0 Å². The molecular weight excluding hydrogens is 312 g/mol. The van der Waals surface area contributed by atoms with Crippen LogP contribution in [0.2, 0.25) is 19.6 Å². The van der Waals surface area contributed by atoms with Crippen LogP contribution in [0.25, 0.3) is 0 Å². The maximum Gasteiger partial charge on any atom is 0.195 e. The summed E-state index contributed by atoms with van der Waals surface area (Å²) in [6, 6.07) is 7.03. The molecule has 0 amide bonds. The number of rotatable bonds is 9. The molecule has 0 spiro atoms. The second kappa shape index (κ2) is 8.05. The zero-order chi connectivity index (χ0) is 17.7. The monoisotopic (exact) mass is 340 g/mol. The van der Waals surface area contributed by atoms with Crippen LogP contribution in [0.4, 0.5) is 0 Å². The van der Waals surface area contributed by atoms with Gasteiger partial charge in [-0.15, -0.1) is 0 Å². The van der Waals surface area contributed by atoms with E-state index in [1.807, 2.05) is 6.92 Å². The van der Waals surface area contributed by atoms with Gasteiger partial charge in [-0.2, -0.15) is 0 Å². The molecule has 0 unspecified atom stereocenters. The molecule has 1 aromatic rings. The Balaban J connectivity index is 3.12. The Morgan fingerprint density at radius 3 is 2.17 bits per heavy atom. The van der Waals surface area contributed by atoms with E-state index < -0.39 is 20.0 Å². The molecule has 1 aromatic carbocycles. The van der Waals surface area contributed by atoms with Gasteiger partial charge in [-0.3, -0.25) is 4.79 Å². The molecule has 0 saturated heterocycles. The van der Waals surface area contributed by atoms with Crippen molar-refractivity contribution in [1.29, 1.82) is 0 Å². The molecular formula is C17H28O5Si. The Morgan fingerprint density at radius 2 is 1.74 bits per heavy atom. The summed E-state index contributed by atoms with van der Waals surface area (Å²) in [5, 5.41) is 0. The number of ether oxygens (including phenoxy) is 3. The number of benzene rings is 1. The second-order valence-electron chi connectivity index (χ2n) is 6.59. The number of carbonyl (C=O) groups is 1. The van der Waals surface area contributed by atoms with Gasteiger partial charge < -0.3 is 18.6 Å². The van der Waals surface area contributed by atoms with Gasteiger partial charge in [0, 0.05) is 12.7 Å². The normalized spacial score (nSPS) is 15.8. The van der Waals surface area contributed by atoms with E-state index in [1.165, 1.54) is 0 Å². The Labute approximate surface area is 140 Å². The van der Waals surface area contributed by atoms with E-state index in [0.717, 1.165) is 0 Å². The molecule has 1 rings (SSSR count). The Hall–Kier alpha value is -1.21. The van der Waals surface area contributed by atoms with Crippen molar-refractivity contribution in [2.75, 3.05) is 21.0 Å². The van der Waals surface area contributed by atoms with Crippen LogP contribution in [0.5, 0.6) is 5.75 Å². The topological polar surface area (TPSA) is 54.0 Å². The van der Waals surface area contributed by atoms with Crippen molar-refractivity contribution in [2.24, 2.45) is 0 Å². The van der Waals surface area contributed by atoms with E-state index in [1.54, 1.807) is 45.4 Å². The molecule has 6 heteroatoms. The average Bonchev–Trinajstić information content (AvgIpc) is 2.50. The number of Topliss-reactive ketones (excluding diaryl/α,β-unsaturated/α-hetero) is 1. The molecule has 0 aliphatic rings. The lowest BCUT2D eigenvalue weighted by atomic mass is 9.90. The van der Waals surface area contributed by atoms with E-state index in [0.29, 0.717) is 11.3 Å². The maximum absolute atomic E-state index is 13.1. The average molecular weight is 340 g/mol. The number of ketones is 1. The fourth-order valence-electron chi connectivity index (χ4n) is 2.31. The lowest BCUT2D eigenvalue weighted by molar-refractivity contribution is -0.119. The molecule has 0 fully saturated rings. The van der Waals surface area contributed by atoms with Gasteiger partial charge in [0.25, 0.3) is 0 Å². The predicted octanol–water partition coefficient (Wildman–Crippen LogP) is 3.50. The Morgan fingerprint density at radius 1 is 1.17 bits per heavy atom. The van der Waals surface area contributed by atoms with Crippen molar-refractivity contribution in [1.82, 2.24) is 0 Å². The van der Waals surface area contributed by atoms with Gasteiger partial charge in [-0.05, 0) is 57.8 Å². The number of hydrogen-bond acceptors (Lipinski definition) is 5. The molecule has 0 radical (unpaired) electrons. The zero-order valence-electron chi connectivity index (χ0n) is 15.1. The largest absolute Gasteiger partial charge is 0.497 e. The summed E-state index contributed by atoms with van der Waals surface area (Å²) in [6.07, 6.45) is -0.441. The first-order valence-electron chi connectivity index (χ1n) is 7.63. The highest BCUT2D eigenvalue weighted by molar-refractivity contribution is 6.70. The van der Waals surface area contributed by atoms with Crippen LogP contribution in [-0.2, 0) is 13.9 Å². The van der Waals surface area contributed by atoms with Crippen molar-refractivity contribution in [3.05, 3.63) is 29.8 Å². The predicted molar refractivity (Wildman–Crippen MR) is 92.6 cm³/mol. The van der Waals surface area contributed by atoms with Crippen LogP contribution in [0.1, 0.15) is 24.2 Å².